The maximum atomic E-state index is 11.7. The molecule has 0 spiro atoms. The number of carbonyl (C=O) groups is 1. The molecule has 0 unspecified atom stereocenters. The number of piperidine rings is 1. The molecule has 0 aromatic carbocycles. The second-order valence-corrected chi connectivity index (χ2v) is 5.26. The quantitative estimate of drug-likeness (QED) is 0.617. The molecule has 15 heavy (non-hydrogen) atoms. The molecule has 1 heterocycles. The standard InChI is InChI=1S/C11H22N2O2/c1-11(2,3)15-10(14)9(12)8-4-6-13-7-5-8/h8-9,13H,4-7,12H2,1-3H3/p+1/t9-/m0/s1. The zero-order chi connectivity index (χ0) is 11.5. The summed E-state index contributed by atoms with van der Waals surface area (Å²) < 4.78 is 5.28. The first kappa shape index (κ1) is 12.5. The second kappa shape index (κ2) is 4.94. The highest BCUT2D eigenvalue weighted by Crippen LogP contribution is 2.16. The van der Waals surface area contributed by atoms with Crippen LogP contribution in [-0.4, -0.2) is 30.7 Å². The highest BCUT2D eigenvalue weighted by atomic mass is 16.6. The lowest BCUT2D eigenvalue weighted by Gasteiger charge is -2.28. The summed E-state index contributed by atoms with van der Waals surface area (Å²) in [7, 11) is 0. The minimum atomic E-state index is -0.446. The summed E-state index contributed by atoms with van der Waals surface area (Å²) in [6.45, 7) is 7.74. The van der Waals surface area contributed by atoms with Crippen LogP contribution >= 0.6 is 0 Å². The van der Waals surface area contributed by atoms with E-state index >= 15 is 0 Å². The Morgan fingerprint density at radius 1 is 1.40 bits per heavy atom. The first-order valence-electron chi connectivity index (χ1n) is 5.70. The minimum Gasteiger partial charge on any atom is -0.459 e. The van der Waals surface area contributed by atoms with Gasteiger partial charge in [0.25, 0.3) is 0 Å². The molecule has 0 bridgehead atoms. The van der Waals surface area contributed by atoms with Gasteiger partial charge >= 0.3 is 5.97 Å². The van der Waals surface area contributed by atoms with Crippen LogP contribution in [0, 0.1) is 5.92 Å². The molecule has 1 fully saturated rings. The van der Waals surface area contributed by atoms with Crippen molar-refractivity contribution < 1.29 is 14.8 Å². The number of rotatable bonds is 2. The Morgan fingerprint density at radius 2 is 1.93 bits per heavy atom. The highest BCUT2D eigenvalue weighted by Gasteiger charge is 2.30. The van der Waals surface area contributed by atoms with E-state index in [1.807, 2.05) is 20.8 Å². The van der Waals surface area contributed by atoms with Crippen molar-refractivity contribution in [2.24, 2.45) is 11.7 Å². The molecule has 0 aromatic heterocycles. The summed E-state index contributed by atoms with van der Waals surface area (Å²) >= 11 is 0. The molecule has 1 aliphatic heterocycles. The van der Waals surface area contributed by atoms with E-state index in [9.17, 15) is 4.79 Å². The lowest BCUT2D eigenvalue weighted by atomic mass is 9.91. The summed E-state index contributed by atoms with van der Waals surface area (Å²) in [5.74, 6) is 0.0410. The molecule has 0 radical (unpaired) electrons. The molecule has 0 saturated carbocycles. The Balaban J connectivity index is 2.44. The maximum absolute atomic E-state index is 11.7. The molecule has 88 valence electrons. The summed E-state index contributed by atoms with van der Waals surface area (Å²) in [5.41, 5.74) is 5.48. The van der Waals surface area contributed by atoms with Crippen LogP contribution in [0.3, 0.4) is 0 Å². The molecular formula is C11H23N2O2+. The van der Waals surface area contributed by atoms with Gasteiger partial charge < -0.3 is 15.8 Å². The van der Waals surface area contributed by atoms with Gasteiger partial charge in [0.15, 0.2) is 0 Å². The largest absolute Gasteiger partial charge is 0.459 e. The Morgan fingerprint density at radius 3 is 2.40 bits per heavy atom. The average molecular weight is 215 g/mol. The van der Waals surface area contributed by atoms with E-state index in [1.165, 1.54) is 0 Å². The molecule has 1 atom stereocenters. The van der Waals surface area contributed by atoms with Crippen molar-refractivity contribution >= 4 is 5.97 Å². The SMILES string of the molecule is CC(C)(C)OC(=O)[C@@H](N)C1CC[NH2+]CC1. The third kappa shape index (κ3) is 4.18. The molecule has 4 N–H and O–H groups in total. The van der Waals surface area contributed by atoms with E-state index in [4.69, 9.17) is 10.5 Å². The number of quaternary nitrogens is 1. The Hall–Kier alpha value is -0.610. The fourth-order valence-electron chi connectivity index (χ4n) is 1.87. The van der Waals surface area contributed by atoms with Gasteiger partial charge in [-0.2, -0.15) is 0 Å². The summed E-state index contributed by atoms with van der Waals surface area (Å²) in [6, 6.07) is -0.446. The van der Waals surface area contributed by atoms with E-state index in [0.29, 0.717) is 5.92 Å². The van der Waals surface area contributed by atoms with Crippen molar-refractivity contribution in [1.29, 1.82) is 0 Å². The number of esters is 1. The zero-order valence-corrected chi connectivity index (χ0v) is 9.95. The van der Waals surface area contributed by atoms with Crippen LogP contribution in [0.2, 0.25) is 0 Å². The van der Waals surface area contributed by atoms with Crippen LogP contribution in [0.5, 0.6) is 0 Å². The average Bonchev–Trinajstić information content (AvgIpc) is 2.15. The van der Waals surface area contributed by atoms with Crippen molar-refractivity contribution in [3.05, 3.63) is 0 Å². The van der Waals surface area contributed by atoms with Crippen molar-refractivity contribution in [3.8, 4) is 0 Å². The van der Waals surface area contributed by atoms with E-state index in [2.05, 4.69) is 5.32 Å². The van der Waals surface area contributed by atoms with Crippen LogP contribution in [0.25, 0.3) is 0 Å². The highest BCUT2D eigenvalue weighted by molar-refractivity contribution is 5.76. The molecule has 1 saturated heterocycles. The summed E-state index contributed by atoms with van der Waals surface area (Å²) in [4.78, 5) is 11.7. The molecule has 4 nitrogen and oxygen atoms in total. The van der Waals surface area contributed by atoms with E-state index in [1.54, 1.807) is 0 Å². The van der Waals surface area contributed by atoms with Gasteiger partial charge in [-0.25, -0.2) is 0 Å². The fraction of sp³-hybridized carbons (Fsp3) is 0.909. The molecule has 4 heteroatoms. The van der Waals surface area contributed by atoms with Crippen LogP contribution in [-0.2, 0) is 9.53 Å². The van der Waals surface area contributed by atoms with Gasteiger partial charge in [-0.15, -0.1) is 0 Å². The number of hydrogen-bond donors (Lipinski definition) is 2. The maximum Gasteiger partial charge on any atom is 0.323 e. The third-order valence-electron chi connectivity index (χ3n) is 2.67. The summed E-state index contributed by atoms with van der Waals surface area (Å²) in [6.07, 6.45) is 2.03. The second-order valence-electron chi connectivity index (χ2n) is 5.26. The van der Waals surface area contributed by atoms with E-state index in [0.717, 1.165) is 25.9 Å². The Bertz CT molecular complexity index is 217. The Kier molecular flexibility index (Phi) is 4.11. The van der Waals surface area contributed by atoms with Crippen LogP contribution < -0.4 is 11.1 Å². The fourth-order valence-corrected chi connectivity index (χ4v) is 1.87. The molecular weight excluding hydrogens is 192 g/mol. The monoisotopic (exact) mass is 215 g/mol. The summed E-state index contributed by atoms with van der Waals surface area (Å²) in [5, 5.41) is 2.26. The predicted octanol–water partition coefficient (Wildman–Crippen LogP) is -0.371. The smallest absolute Gasteiger partial charge is 0.323 e. The van der Waals surface area contributed by atoms with Gasteiger partial charge in [-0.05, 0) is 26.7 Å². The predicted molar refractivity (Wildman–Crippen MR) is 58.2 cm³/mol. The number of ether oxygens (including phenoxy) is 1. The van der Waals surface area contributed by atoms with Gasteiger partial charge in [-0.1, -0.05) is 0 Å². The van der Waals surface area contributed by atoms with Gasteiger partial charge in [0, 0.05) is 12.8 Å². The number of carbonyl (C=O) groups excluding carboxylic acids is 1. The number of hydrogen-bond acceptors (Lipinski definition) is 3. The molecule has 1 aliphatic rings. The van der Waals surface area contributed by atoms with Gasteiger partial charge in [0.1, 0.15) is 11.6 Å². The van der Waals surface area contributed by atoms with Gasteiger partial charge in [0.05, 0.1) is 13.1 Å². The zero-order valence-electron chi connectivity index (χ0n) is 9.95. The first-order valence-corrected chi connectivity index (χ1v) is 5.70. The third-order valence-corrected chi connectivity index (χ3v) is 2.67. The van der Waals surface area contributed by atoms with Crippen LogP contribution in [0.1, 0.15) is 33.6 Å². The molecule has 1 rings (SSSR count). The molecule has 0 aromatic rings. The van der Waals surface area contributed by atoms with Crippen LogP contribution in [0.4, 0.5) is 0 Å². The van der Waals surface area contributed by atoms with E-state index < -0.39 is 11.6 Å². The van der Waals surface area contributed by atoms with Crippen LogP contribution in [0.15, 0.2) is 0 Å². The van der Waals surface area contributed by atoms with Crippen molar-refractivity contribution in [3.63, 3.8) is 0 Å². The Labute approximate surface area is 91.5 Å². The first-order chi connectivity index (χ1) is 6.90. The number of nitrogens with two attached hydrogens (primary N) is 2. The lowest BCUT2D eigenvalue weighted by molar-refractivity contribution is -0.664. The normalized spacial score (nSPS) is 21.1. The molecule has 0 aliphatic carbocycles. The topological polar surface area (TPSA) is 68.9 Å². The molecule has 0 amide bonds. The van der Waals surface area contributed by atoms with Crippen molar-refractivity contribution in [2.75, 3.05) is 13.1 Å². The van der Waals surface area contributed by atoms with Gasteiger partial charge in [0.2, 0.25) is 0 Å². The van der Waals surface area contributed by atoms with Gasteiger partial charge in [-0.3, -0.25) is 4.79 Å². The minimum absolute atomic E-state index is 0.255. The van der Waals surface area contributed by atoms with E-state index in [-0.39, 0.29) is 5.97 Å². The lowest BCUT2D eigenvalue weighted by Crippen LogP contribution is -2.86. The van der Waals surface area contributed by atoms with Crippen molar-refractivity contribution in [1.82, 2.24) is 0 Å². The van der Waals surface area contributed by atoms with Crippen molar-refractivity contribution in [2.45, 2.75) is 45.3 Å².